The van der Waals surface area contributed by atoms with Gasteiger partial charge in [0.1, 0.15) is 5.82 Å². The molecule has 100 valence electrons. The Labute approximate surface area is 113 Å². The fourth-order valence-electron chi connectivity index (χ4n) is 1.90. The number of nitrogens with zero attached hydrogens (tertiary/aromatic N) is 3. The number of carbonyl (C=O) groups is 1. The molecule has 1 aromatic heterocycles. The van der Waals surface area contributed by atoms with Crippen LogP contribution in [-0.2, 0) is 11.3 Å². The van der Waals surface area contributed by atoms with Crippen molar-refractivity contribution in [1.82, 2.24) is 9.88 Å². The van der Waals surface area contributed by atoms with Crippen molar-refractivity contribution in [2.24, 2.45) is 0 Å². The third-order valence-corrected chi connectivity index (χ3v) is 3.15. The van der Waals surface area contributed by atoms with Crippen LogP contribution in [0.1, 0.15) is 12.5 Å². The summed E-state index contributed by atoms with van der Waals surface area (Å²) in [7, 11) is 5.76. The molecular weight excluding hydrogens is 238 g/mol. The number of anilines is 1. The van der Waals surface area contributed by atoms with Crippen LogP contribution in [0.5, 0.6) is 0 Å². The van der Waals surface area contributed by atoms with E-state index in [4.69, 9.17) is 0 Å². The molecule has 0 aliphatic heterocycles. The number of benzene rings is 1. The SMILES string of the molecule is CC(=O)N(C)Cc1ccc2nc(N(C)C)ccc2c1. The maximum atomic E-state index is 11.2. The summed E-state index contributed by atoms with van der Waals surface area (Å²) < 4.78 is 0. The maximum absolute atomic E-state index is 11.2. The second-order valence-electron chi connectivity index (χ2n) is 4.97. The number of amides is 1. The van der Waals surface area contributed by atoms with E-state index in [-0.39, 0.29) is 5.91 Å². The van der Waals surface area contributed by atoms with Crippen molar-refractivity contribution in [3.63, 3.8) is 0 Å². The van der Waals surface area contributed by atoms with E-state index < -0.39 is 0 Å². The van der Waals surface area contributed by atoms with Crippen LogP contribution in [0, 0.1) is 0 Å². The zero-order chi connectivity index (χ0) is 14.0. The zero-order valence-electron chi connectivity index (χ0n) is 11.8. The van der Waals surface area contributed by atoms with Crippen LogP contribution in [-0.4, -0.2) is 36.9 Å². The summed E-state index contributed by atoms with van der Waals surface area (Å²) in [4.78, 5) is 19.5. The second-order valence-corrected chi connectivity index (χ2v) is 4.97. The Balaban J connectivity index is 2.31. The zero-order valence-corrected chi connectivity index (χ0v) is 11.8. The van der Waals surface area contributed by atoms with Gasteiger partial charge in [-0.3, -0.25) is 4.79 Å². The molecule has 19 heavy (non-hydrogen) atoms. The first-order valence-corrected chi connectivity index (χ1v) is 6.26. The molecule has 0 atom stereocenters. The largest absolute Gasteiger partial charge is 0.363 e. The number of carbonyl (C=O) groups excluding carboxylic acids is 1. The molecule has 2 aromatic rings. The Kier molecular flexibility index (Phi) is 3.69. The summed E-state index contributed by atoms with van der Waals surface area (Å²) in [5, 5.41) is 1.10. The van der Waals surface area contributed by atoms with E-state index >= 15 is 0 Å². The van der Waals surface area contributed by atoms with E-state index in [0.29, 0.717) is 6.54 Å². The smallest absolute Gasteiger partial charge is 0.219 e. The van der Waals surface area contributed by atoms with Crippen LogP contribution in [0.2, 0.25) is 0 Å². The molecular formula is C15H19N3O. The summed E-state index contributed by atoms with van der Waals surface area (Å²) in [6.45, 7) is 2.20. The third-order valence-electron chi connectivity index (χ3n) is 3.15. The Morgan fingerprint density at radius 1 is 1.16 bits per heavy atom. The molecule has 0 unspecified atom stereocenters. The Bertz CT molecular complexity index is 607. The molecule has 0 saturated carbocycles. The lowest BCUT2D eigenvalue weighted by Gasteiger charge is -2.15. The van der Waals surface area contributed by atoms with E-state index in [1.54, 1.807) is 18.9 Å². The average Bonchev–Trinajstić information content (AvgIpc) is 2.37. The molecule has 0 bridgehead atoms. The Morgan fingerprint density at radius 3 is 2.53 bits per heavy atom. The number of rotatable bonds is 3. The first kappa shape index (κ1) is 13.3. The molecule has 4 nitrogen and oxygen atoms in total. The number of aromatic nitrogens is 1. The van der Waals surface area contributed by atoms with Crippen LogP contribution in [0.15, 0.2) is 30.3 Å². The minimum Gasteiger partial charge on any atom is -0.363 e. The van der Waals surface area contributed by atoms with Gasteiger partial charge >= 0.3 is 0 Å². The van der Waals surface area contributed by atoms with E-state index in [0.717, 1.165) is 22.3 Å². The van der Waals surface area contributed by atoms with Crippen LogP contribution >= 0.6 is 0 Å². The van der Waals surface area contributed by atoms with E-state index in [9.17, 15) is 4.79 Å². The van der Waals surface area contributed by atoms with Gasteiger partial charge in [-0.15, -0.1) is 0 Å². The topological polar surface area (TPSA) is 36.4 Å². The average molecular weight is 257 g/mol. The molecule has 1 amide bonds. The summed E-state index contributed by atoms with van der Waals surface area (Å²) in [5.74, 6) is 1.02. The quantitative estimate of drug-likeness (QED) is 0.846. The lowest BCUT2D eigenvalue weighted by atomic mass is 10.1. The van der Waals surface area contributed by atoms with Crippen LogP contribution in [0.4, 0.5) is 5.82 Å². The van der Waals surface area contributed by atoms with Gasteiger partial charge < -0.3 is 9.80 Å². The van der Waals surface area contributed by atoms with Gasteiger partial charge in [-0.1, -0.05) is 6.07 Å². The summed E-state index contributed by atoms with van der Waals surface area (Å²) in [6.07, 6.45) is 0. The Hall–Kier alpha value is -2.10. The predicted molar refractivity (Wildman–Crippen MR) is 78.2 cm³/mol. The highest BCUT2D eigenvalue weighted by atomic mass is 16.2. The standard InChI is InChI=1S/C15H19N3O/c1-11(19)18(4)10-12-5-7-14-13(9-12)6-8-15(16-14)17(2)3/h5-9H,10H2,1-4H3. The van der Waals surface area contributed by atoms with Crippen molar-refractivity contribution in [2.75, 3.05) is 26.0 Å². The van der Waals surface area contributed by atoms with Gasteiger partial charge in [-0.25, -0.2) is 4.98 Å². The monoisotopic (exact) mass is 257 g/mol. The normalized spacial score (nSPS) is 10.5. The summed E-state index contributed by atoms with van der Waals surface area (Å²) in [5.41, 5.74) is 2.09. The van der Waals surface area contributed by atoms with Crippen molar-refractivity contribution < 1.29 is 4.79 Å². The summed E-state index contributed by atoms with van der Waals surface area (Å²) >= 11 is 0. The van der Waals surface area contributed by atoms with Crippen molar-refractivity contribution >= 4 is 22.6 Å². The highest BCUT2D eigenvalue weighted by molar-refractivity contribution is 5.81. The minimum atomic E-state index is 0.0705. The van der Waals surface area contributed by atoms with Crippen molar-refractivity contribution in [3.8, 4) is 0 Å². The molecule has 4 heteroatoms. The fourth-order valence-corrected chi connectivity index (χ4v) is 1.90. The minimum absolute atomic E-state index is 0.0705. The second kappa shape index (κ2) is 5.26. The lowest BCUT2D eigenvalue weighted by molar-refractivity contribution is -0.128. The van der Waals surface area contributed by atoms with Gasteiger partial charge in [0.2, 0.25) is 5.91 Å². The van der Waals surface area contributed by atoms with Crippen LogP contribution < -0.4 is 4.90 Å². The van der Waals surface area contributed by atoms with Crippen LogP contribution in [0.25, 0.3) is 10.9 Å². The molecule has 1 aromatic carbocycles. The van der Waals surface area contributed by atoms with Crippen LogP contribution in [0.3, 0.4) is 0 Å². The third kappa shape index (κ3) is 3.02. The van der Waals surface area contributed by atoms with Gasteiger partial charge in [0.05, 0.1) is 5.52 Å². The number of hydrogen-bond donors (Lipinski definition) is 0. The van der Waals surface area contributed by atoms with Gasteiger partial charge in [-0.05, 0) is 29.8 Å². The summed E-state index contributed by atoms with van der Waals surface area (Å²) in [6, 6.07) is 10.2. The fraction of sp³-hybridized carbons (Fsp3) is 0.333. The van der Waals surface area contributed by atoms with Crippen molar-refractivity contribution in [3.05, 3.63) is 35.9 Å². The lowest BCUT2D eigenvalue weighted by Crippen LogP contribution is -2.22. The highest BCUT2D eigenvalue weighted by Gasteiger charge is 2.05. The first-order chi connectivity index (χ1) is 8.97. The molecule has 0 spiro atoms. The molecule has 1 heterocycles. The van der Waals surface area contributed by atoms with Gasteiger partial charge in [-0.2, -0.15) is 0 Å². The predicted octanol–water partition coefficient (Wildman–Crippen LogP) is 2.28. The van der Waals surface area contributed by atoms with E-state index in [1.807, 2.05) is 37.2 Å². The first-order valence-electron chi connectivity index (χ1n) is 6.26. The molecule has 0 fully saturated rings. The number of hydrogen-bond acceptors (Lipinski definition) is 3. The molecule has 0 radical (unpaired) electrons. The molecule has 0 saturated heterocycles. The Morgan fingerprint density at radius 2 is 1.89 bits per heavy atom. The van der Waals surface area contributed by atoms with E-state index in [2.05, 4.69) is 17.1 Å². The number of fused-ring (bicyclic) bond motifs is 1. The molecule has 0 N–H and O–H groups in total. The van der Waals surface area contributed by atoms with Gasteiger partial charge in [0.25, 0.3) is 0 Å². The maximum Gasteiger partial charge on any atom is 0.219 e. The van der Waals surface area contributed by atoms with E-state index in [1.165, 1.54) is 0 Å². The highest BCUT2D eigenvalue weighted by Crippen LogP contribution is 2.19. The van der Waals surface area contributed by atoms with Gasteiger partial charge in [0, 0.05) is 40.0 Å². The molecule has 0 aliphatic rings. The molecule has 0 aliphatic carbocycles. The molecule has 2 rings (SSSR count). The van der Waals surface area contributed by atoms with Gasteiger partial charge in [0.15, 0.2) is 0 Å². The van der Waals surface area contributed by atoms with Crippen molar-refractivity contribution in [1.29, 1.82) is 0 Å². The number of pyridine rings is 1. The van der Waals surface area contributed by atoms with Crippen molar-refractivity contribution in [2.45, 2.75) is 13.5 Å².